The molecule has 0 aliphatic heterocycles. The minimum atomic E-state index is -0.912. The van der Waals surface area contributed by atoms with Gasteiger partial charge in [-0.1, -0.05) is 0 Å². The first kappa shape index (κ1) is 15.2. The quantitative estimate of drug-likeness (QED) is 0.635. The molecule has 1 unspecified atom stereocenters. The Morgan fingerprint density at radius 1 is 1.48 bits per heavy atom. The molecule has 1 heterocycles. The maximum Gasteiger partial charge on any atom is 0.420 e. The maximum atomic E-state index is 11.8. The number of aromatic nitrogens is 1. The van der Waals surface area contributed by atoms with Crippen LogP contribution in [0.1, 0.15) is 13.8 Å². The molecule has 1 N–H and O–H groups in total. The van der Waals surface area contributed by atoms with Gasteiger partial charge in [0, 0.05) is 12.1 Å². The molecule has 2 rings (SSSR count). The summed E-state index contributed by atoms with van der Waals surface area (Å²) in [5, 5.41) is 20.7. The zero-order valence-corrected chi connectivity index (χ0v) is 11.7. The predicted octanol–water partition coefficient (Wildman–Crippen LogP) is 1.29. The second kappa shape index (κ2) is 6.06. The molecule has 0 aliphatic rings. The summed E-state index contributed by atoms with van der Waals surface area (Å²) in [7, 11) is 0. The number of nitrogens with zero attached hydrogens (tertiary/aromatic N) is 2. The fourth-order valence-electron chi connectivity index (χ4n) is 1.90. The highest BCUT2D eigenvalue weighted by Gasteiger charge is 2.17. The molecule has 21 heavy (non-hydrogen) atoms. The second-order valence-electron chi connectivity index (χ2n) is 4.92. The number of hydrogen-bond acceptors (Lipinski definition) is 6. The number of non-ortho nitro benzene ring substituents is 1. The Balaban J connectivity index is 2.30. The molecule has 0 aliphatic carbocycles. The average Bonchev–Trinajstić information content (AvgIpc) is 2.72. The van der Waals surface area contributed by atoms with E-state index in [1.807, 2.05) is 13.8 Å². The summed E-state index contributed by atoms with van der Waals surface area (Å²) in [6.45, 7) is 3.66. The van der Waals surface area contributed by atoms with Crippen LogP contribution in [0.25, 0.3) is 11.1 Å². The Morgan fingerprint density at radius 2 is 2.19 bits per heavy atom. The van der Waals surface area contributed by atoms with Crippen molar-refractivity contribution in [2.24, 2.45) is 0 Å². The molecule has 0 saturated heterocycles. The zero-order chi connectivity index (χ0) is 15.6. The first-order valence-electron chi connectivity index (χ1n) is 6.46. The highest BCUT2D eigenvalue weighted by atomic mass is 16.6. The Bertz CT molecular complexity index is 702. The van der Waals surface area contributed by atoms with Crippen LogP contribution in [0.2, 0.25) is 0 Å². The summed E-state index contributed by atoms with van der Waals surface area (Å²) >= 11 is 0. The van der Waals surface area contributed by atoms with E-state index in [4.69, 9.17) is 9.15 Å². The maximum absolute atomic E-state index is 11.8. The number of aliphatic hydroxyl groups excluding tert-OH is 1. The third-order valence-corrected chi connectivity index (χ3v) is 2.88. The summed E-state index contributed by atoms with van der Waals surface area (Å²) in [6, 6.07) is 3.87. The molecular formula is C13H16N2O6. The van der Waals surface area contributed by atoms with Crippen LogP contribution in [0.3, 0.4) is 0 Å². The highest BCUT2D eigenvalue weighted by molar-refractivity contribution is 5.75. The number of nitro benzene ring substituents is 1. The van der Waals surface area contributed by atoms with Crippen molar-refractivity contribution in [2.75, 3.05) is 6.61 Å². The monoisotopic (exact) mass is 296 g/mol. The van der Waals surface area contributed by atoms with Crippen molar-refractivity contribution >= 4 is 16.8 Å². The molecule has 0 bridgehead atoms. The summed E-state index contributed by atoms with van der Waals surface area (Å²) in [6.07, 6.45) is -0.955. The van der Waals surface area contributed by atoms with Gasteiger partial charge in [0.25, 0.3) is 5.69 Å². The molecule has 1 aromatic heterocycles. The van der Waals surface area contributed by atoms with Gasteiger partial charge in [0.05, 0.1) is 35.8 Å². The number of oxazole rings is 1. The lowest BCUT2D eigenvalue weighted by Gasteiger charge is -2.13. The van der Waals surface area contributed by atoms with Crippen LogP contribution in [0.5, 0.6) is 0 Å². The molecule has 0 fully saturated rings. The summed E-state index contributed by atoms with van der Waals surface area (Å²) in [5.74, 6) is -0.672. The topological polar surface area (TPSA) is 108 Å². The number of nitro groups is 1. The first-order chi connectivity index (χ1) is 9.88. The predicted molar refractivity (Wildman–Crippen MR) is 74.2 cm³/mol. The van der Waals surface area contributed by atoms with Gasteiger partial charge in [-0.25, -0.2) is 4.79 Å². The van der Waals surface area contributed by atoms with E-state index >= 15 is 0 Å². The molecule has 2 aromatic rings. The lowest BCUT2D eigenvalue weighted by molar-refractivity contribution is -0.384. The smallest absolute Gasteiger partial charge is 0.408 e. The standard InChI is InChI=1S/C13H16N2O6/c1-8(2)20-7-10(16)6-14-11-5-9(15(18)19)3-4-12(11)21-13(14)17/h3-5,8,10,16H,6-7H2,1-2H3. The largest absolute Gasteiger partial charge is 0.420 e. The molecule has 1 atom stereocenters. The van der Waals surface area contributed by atoms with Crippen molar-refractivity contribution in [3.8, 4) is 0 Å². The van der Waals surface area contributed by atoms with Gasteiger partial charge >= 0.3 is 5.76 Å². The number of fused-ring (bicyclic) bond motifs is 1. The minimum absolute atomic E-state index is 0.0430. The van der Waals surface area contributed by atoms with E-state index in [9.17, 15) is 20.0 Å². The number of aliphatic hydroxyl groups is 1. The Kier molecular flexibility index (Phi) is 4.39. The van der Waals surface area contributed by atoms with E-state index in [0.29, 0.717) is 0 Å². The third-order valence-electron chi connectivity index (χ3n) is 2.88. The van der Waals surface area contributed by atoms with Crippen molar-refractivity contribution in [1.82, 2.24) is 4.57 Å². The molecule has 8 heteroatoms. The SMILES string of the molecule is CC(C)OCC(O)Cn1c(=O)oc2ccc([N+](=O)[O-])cc21. The number of ether oxygens (including phenoxy) is 1. The van der Waals surface area contributed by atoms with E-state index in [0.717, 1.165) is 4.57 Å². The normalized spacial score (nSPS) is 13.0. The van der Waals surface area contributed by atoms with E-state index in [2.05, 4.69) is 0 Å². The fraction of sp³-hybridized carbons (Fsp3) is 0.462. The van der Waals surface area contributed by atoms with Crippen LogP contribution in [-0.4, -0.2) is 33.4 Å². The van der Waals surface area contributed by atoms with E-state index < -0.39 is 16.8 Å². The lowest BCUT2D eigenvalue weighted by atomic mass is 10.2. The average molecular weight is 296 g/mol. The van der Waals surface area contributed by atoms with Gasteiger partial charge in [-0.15, -0.1) is 0 Å². The minimum Gasteiger partial charge on any atom is -0.408 e. The lowest BCUT2D eigenvalue weighted by Crippen LogP contribution is -2.28. The molecule has 1 aromatic carbocycles. The molecule has 114 valence electrons. The third kappa shape index (κ3) is 3.47. The van der Waals surface area contributed by atoms with Crippen LogP contribution in [-0.2, 0) is 11.3 Å². The van der Waals surface area contributed by atoms with Gasteiger partial charge in [0.15, 0.2) is 5.58 Å². The number of benzene rings is 1. The molecule has 0 saturated carbocycles. The van der Waals surface area contributed by atoms with E-state index in [1.165, 1.54) is 18.2 Å². The zero-order valence-electron chi connectivity index (χ0n) is 11.7. The number of hydrogen-bond donors (Lipinski definition) is 1. The van der Waals surface area contributed by atoms with Crippen LogP contribution in [0.15, 0.2) is 27.4 Å². The van der Waals surface area contributed by atoms with Crippen LogP contribution in [0, 0.1) is 10.1 Å². The summed E-state index contributed by atoms with van der Waals surface area (Å²) in [5.41, 5.74) is 0.366. The van der Waals surface area contributed by atoms with Gasteiger partial charge in [0.2, 0.25) is 0 Å². The molecule has 0 amide bonds. The Hall–Kier alpha value is -2.19. The Morgan fingerprint density at radius 3 is 2.81 bits per heavy atom. The van der Waals surface area contributed by atoms with Crippen LogP contribution < -0.4 is 5.76 Å². The number of rotatable bonds is 6. The van der Waals surface area contributed by atoms with Gasteiger partial charge in [0.1, 0.15) is 0 Å². The molecular weight excluding hydrogens is 280 g/mol. The van der Waals surface area contributed by atoms with Gasteiger partial charge in [-0.05, 0) is 19.9 Å². The van der Waals surface area contributed by atoms with Crippen LogP contribution in [0.4, 0.5) is 5.69 Å². The van der Waals surface area contributed by atoms with Gasteiger partial charge in [-0.3, -0.25) is 14.7 Å². The van der Waals surface area contributed by atoms with Crippen molar-refractivity contribution in [1.29, 1.82) is 0 Å². The van der Waals surface area contributed by atoms with Gasteiger partial charge < -0.3 is 14.3 Å². The molecule has 8 nitrogen and oxygen atoms in total. The van der Waals surface area contributed by atoms with Crippen molar-refractivity contribution < 1.29 is 19.2 Å². The van der Waals surface area contributed by atoms with Crippen molar-refractivity contribution in [3.05, 3.63) is 38.9 Å². The van der Waals surface area contributed by atoms with Crippen molar-refractivity contribution in [2.45, 2.75) is 32.6 Å². The molecule has 0 spiro atoms. The summed E-state index contributed by atoms with van der Waals surface area (Å²) in [4.78, 5) is 22.0. The first-order valence-corrected chi connectivity index (χ1v) is 6.46. The highest BCUT2D eigenvalue weighted by Crippen LogP contribution is 2.20. The molecule has 0 radical (unpaired) electrons. The van der Waals surface area contributed by atoms with Crippen LogP contribution >= 0.6 is 0 Å². The van der Waals surface area contributed by atoms with E-state index in [1.54, 1.807) is 0 Å². The summed E-state index contributed by atoms with van der Waals surface area (Å²) < 4.78 is 11.4. The fourth-order valence-corrected chi connectivity index (χ4v) is 1.90. The second-order valence-corrected chi connectivity index (χ2v) is 4.92. The van der Waals surface area contributed by atoms with E-state index in [-0.39, 0.29) is 36.0 Å². The van der Waals surface area contributed by atoms with Gasteiger partial charge in [-0.2, -0.15) is 0 Å². The Labute approximate surface area is 119 Å². The van der Waals surface area contributed by atoms with Crippen molar-refractivity contribution in [3.63, 3.8) is 0 Å².